The average Bonchev–Trinajstić information content (AvgIpc) is 2.98. The highest BCUT2D eigenvalue weighted by molar-refractivity contribution is 5.96. The van der Waals surface area contributed by atoms with Crippen molar-refractivity contribution in [3.05, 3.63) is 59.8 Å². The molecule has 1 N–H and O–H groups in total. The monoisotopic (exact) mass is 298 g/mol. The SMILES string of the molecule is COc1ncccc1C(=O)N1CCC(O)(c2ccccc2)C1. The van der Waals surface area contributed by atoms with Gasteiger partial charge < -0.3 is 14.7 Å². The molecule has 0 radical (unpaired) electrons. The first kappa shape index (κ1) is 14.5. The van der Waals surface area contributed by atoms with Crippen molar-refractivity contribution in [2.75, 3.05) is 20.2 Å². The van der Waals surface area contributed by atoms with Crippen LogP contribution in [0.4, 0.5) is 0 Å². The van der Waals surface area contributed by atoms with Crippen molar-refractivity contribution in [3.8, 4) is 5.88 Å². The molecule has 114 valence electrons. The quantitative estimate of drug-likeness (QED) is 0.939. The van der Waals surface area contributed by atoms with Gasteiger partial charge in [-0.2, -0.15) is 0 Å². The summed E-state index contributed by atoms with van der Waals surface area (Å²) in [6.07, 6.45) is 2.10. The number of hydrogen-bond donors (Lipinski definition) is 1. The zero-order valence-corrected chi connectivity index (χ0v) is 12.4. The number of β-amino-alcohol motifs (C(OH)–C–C–N with tert-alkyl or cyclic N) is 1. The summed E-state index contributed by atoms with van der Waals surface area (Å²) in [5.41, 5.74) is 0.262. The number of likely N-dealkylation sites (tertiary alicyclic amines) is 1. The molecule has 1 fully saturated rings. The van der Waals surface area contributed by atoms with E-state index in [1.54, 1.807) is 23.2 Å². The summed E-state index contributed by atoms with van der Waals surface area (Å²) in [6.45, 7) is 0.774. The second kappa shape index (κ2) is 5.77. The molecule has 5 nitrogen and oxygen atoms in total. The fraction of sp³-hybridized carbons (Fsp3) is 0.294. The van der Waals surface area contributed by atoms with Gasteiger partial charge in [-0.05, 0) is 24.1 Å². The summed E-state index contributed by atoms with van der Waals surface area (Å²) in [5.74, 6) is 0.138. The molecule has 0 saturated carbocycles. The molecule has 22 heavy (non-hydrogen) atoms. The lowest BCUT2D eigenvalue weighted by atomic mass is 9.93. The average molecular weight is 298 g/mol. The Bertz CT molecular complexity index is 675. The van der Waals surface area contributed by atoms with Crippen molar-refractivity contribution in [3.63, 3.8) is 0 Å². The van der Waals surface area contributed by atoms with E-state index < -0.39 is 5.60 Å². The van der Waals surface area contributed by atoms with Gasteiger partial charge in [0.1, 0.15) is 11.2 Å². The van der Waals surface area contributed by atoms with E-state index in [0.717, 1.165) is 5.56 Å². The van der Waals surface area contributed by atoms with Crippen molar-refractivity contribution in [2.24, 2.45) is 0 Å². The number of carbonyl (C=O) groups excluding carboxylic acids is 1. The highest BCUT2D eigenvalue weighted by atomic mass is 16.5. The molecular formula is C17H18N2O3. The third-order valence-electron chi connectivity index (χ3n) is 4.04. The molecule has 1 unspecified atom stereocenters. The Morgan fingerprint density at radius 2 is 2.05 bits per heavy atom. The van der Waals surface area contributed by atoms with Gasteiger partial charge in [-0.25, -0.2) is 4.98 Å². The molecule has 0 spiro atoms. The molecule has 1 saturated heterocycles. The molecule has 2 heterocycles. The van der Waals surface area contributed by atoms with E-state index >= 15 is 0 Å². The maximum atomic E-state index is 12.6. The summed E-state index contributed by atoms with van der Waals surface area (Å²) < 4.78 is 5.14. The minimum absolute atomic E-state index is 0.170. The summed E-state index contributed by atoms with van der Waals surface area (Å²) in [6, 6.07) is 12.9. The maximum Gasteiger partial charge on any atom is 0.259 e. The van der Waals surface area contributed by atoms with Crippen LogP contribution in [-0.4, -0.2) is 41.1 Å². The minimum atomic E-state index is -0.994. The Morgan fingerprint density at radius 1 is 1.27 bits per heavy atom. The van der Waals surface area contributed by atoms with Gasteiger partial charge in [-0.15, -0.1) is 0 Å². The number of amides is 1. The molecule has 3 rings (SSSR count). The van der Waals surface area contributed by atoms with Gasteiger partial charge in [0.2, 0.25) is 5.88 Å². The standard InChI is InChI=1S/C17H18N2O3/c1-22-15-14(8-5-10-18-15)16(20)19-11-9-17(21,12-19)13-6-3-2-4-7-13/h2-8,10,21H,9,11-12H2,1H3. The number of aliphatic hydroxyl groups is 1. The van der Waals surface area contributed by atoms with E-state index in [0.29, 0.717) is 24.4 Å². The first-order valence-electron chi connectivity index (χ1n) is 7.20. The summed E-state index contributed by atoms with van der Waals surface area (Å²) in [4.78, 5) is 18.3. The van der Waals surface area contributed by atoms with Gasteiger partial charge in [-0.3, -0.25) is 4.79 Å². The van der Waals surface area contributed by atoms with Gasteiger partial charge in [-0.1, -0.05) is 30.3 Å². The smallest absolute Gasteiger partial charge is 0.259 e. The molecule has 1 aromatic carbocycles. The van der Waals surface area contributed by atoms with Crippen molar-refractivity contribution in [2.45, 2.75) is 12.0 Å². The lowest BCUT2D eigenvalue weighted by Gasteiger charge is -2.24. The van der Waals surface area contributed by atoms with Gasteiger partial charge in [0, 0.05) is 12.7 Å². The van der Waals surface area contributed by atoms with Gasteiger partial charge >= 0.3 is 0 Å². The highest BCUT2D eigenvalue weighted by Gasteiger charge is 2.40. The Balaban J connectivity index is 1.82. The molecule has 1 atom stereocenters. The largest absolute Gasteiger partial charge is 0.480 e. The zero-order chi connectivity index (χ0) is 15.6. The number of aromatic nitrogens is 1. The number of hydrogen-bond acceptors (Lipinski definition) is 4. The zero-order valence-electron chi connectivity index (χ0n) is 12.4. The maximum absolute atomic E-state index is 12.6. The topological polar surface area (TPSA) is 62.7 Å². The molecule has 5 heteroatoms. The van der Waals surface area contributed by atoms with Crippen LogP contribution in [0.3, 0.4) is 0 Å². The number of rotatable bonds is 3. The van der Waals surface area contributed by atoms with E-state index in [2.05, 4.69) is 4.98 Å². The van der Waals surface area contributed by atoms with Crippen LogP contribution < -0.4 is 4.74 Å². The van der Waals surface area contributed by atoms with Crippen LogP contribution >= 0.6 is 0 Å². The number of carbonyl (C=O) groups is 1. The number of pyridine rings is 1. The number of methoxy groups -OCH3 is 1. The highest BCUT2D eigenvalue weighted by Crippen LogP contribution is 2.33. The van der Waals surface area contributed by atoms with Crippen molar-refractivity contribution >= 4 is 5.91 Å². The van der Waals surface area contributed by atoms with Crippen LogP contribution in [0.15, 0.2) is 48.7 Å². The van der Waals surface area contributed by atoms with Gasteiger partial charge in [0.15, 0.2) is 0 Å². The minimum Gasteiger partial charge on any atom is -0.480 e. The van der Waals surface area contributed by atoms with Crippen molar-refractivity contribution < 1.29 is 14.6 Å². The van der Waals surface area contributed by atoms with Crippen LogP contribution in [-0.2, 0) is 5.60 Å². The molecule has 1 amide bonds. The lowest BCUT2D eigenvalue weighted by Crippen LogP contribution is -2.34. The molecule has 1 aliphatic heterocycles. The molecule has 2 aromatic rings. The summed E-state index contributed by atoms with van der Waals surface area (Å²) in [5, 5.41) is 10.8. The second-order valence-electron chi connectivity index (χ2n) is 5.43. The van der Waals surface area contributed by atoms with Crippen LogP contribution in [0.1, 0.15) is 22.3 Å². The number of benzene rings is 1. The third-order valence-corrected chi connectivity index (χ3v) is 4.04. The van der Waals surface area contributed by atoms with Gasteiger partial charge in [0.05, 0.1) is 13.7 Å². The molecule has 0 bridgehead atoms. The van der Waals surface area contributed by atoms with E-state index in [1.165, 1.54) is 7.11 Å². The molecule has 0 aliphatic carbocycles. The van der Waals surface area contributed by atoms with Crippen LogP contribution in [0.25, 0.3) is 0 Å². The Hall–Kier alpha value is -2.40. The van der Waals surface area contributed by atoms with E-state index in [4.69, 9.17) is 4.74 Å². The predicted molar refractivity (Wildman–Crippen MR) is 81.6 cm³/mol. The van der Waals surface area contributed by atoms with Crippen molar-refractivity contribution in [1.82, 2.24) is 9.88 Å². The third kappa shape index (κ3) is 2.55. The Labute approximate surface area is 129 Å². The molecule has 1 aromatic heterocycles. The fourth-order valence-corrected chi connectivity index (χ4v) is 2.84. The van der Waals surface area contributed by atoms with Crippen LogP contribution in [0.5, 0.6) is 5.88 Å². The van der Waals surface area contributed by atoms with Gasteiger partial charge in [0.25, 0.3) is 5.91 Å². The summed E-state index contributed by atoms with van der Waals surface area (Å²) in [7, 11) is 1.49. The molecule has 1 aliphatic rings. The van der Waals surface area contributed by atoms with E-state index in [9.17, 15) is 9.90 Å². The van der Waals surface area contributed by atoms with Crippen LogP contribution in [0, 0.1) is 0 Å². The van der Waals surface area contributed by atoms with E-state index in [1.807, 2.05) is 30.3 Å². The Morgan fingerprint density at radius 3 is 2.77 bits per heavy atom. The Kier molecular flexibility index (Phi) is 3.81. The lowest BCUT2D eigenvalue weighted by molar-refractivity contribution is 0.0416. The molecular weight excluding hydrogens is 280 g/mol. The summed E-state index contributed by atoms with van der Waals surface area (Å²) >= 11 is 0. The predicted octanol–water partition coefficient (Wildman–Crippen LogP) is 1.82. The number of ether oxygens (including phenoxy) is 1. The number of nitrogens with zero attached hydrogens (tertiary/aromatic N) is 2. The fourth-order valence-electron chi connectivity index (χ4n) is 2.84. The first-order chi connectivity index (χ1) is 10.6. The van der Waals surface area contributed by atoms with Crippen LogP contribution in [0.2, 0.25) is 0 Å². The second-order valence-corrected chi connectivity index (χ2v) is 5.43. The van der Waals surface area contributed by atoms with E-state index in [-0.39, 0.29) is 12.5 Å². The first-order valence-corrected chi connectivity index (χ1v) is 7.20. The normalized spacial score (nSPS) is 20.9. The van der Waals surface area contributed by atoms with Crippen molar-refractivity contribution in [1.29, 1.82) is 0 Å².